The lowest BCUT2D eigenvalue weighted by molar-refractivity contribution is -0.137. The minimum Gasteiger partial charge on any atom is -0.508 e. The van der Waals surface area contributed by atoms with Crippen LogP contribution in [0.4, 0.5) is 13.2 Å². The predicted octanol–water partition coefficient (Wildman–Crippen LogP) is 5.18. The molecule has 1 aliphatic heterocycles. The summed E-state index contributed by atoms with van der Waals surface area (Å²) in [6, 6.07) is 9.05. The van der Waals surface area contributed by atoms with Gasteiger partial charge in [-0.25, -0.2) is 0 Å². The number of aromatic nitrogens is 1. The highest BCUT2D eigenvalue weighted by Gasteiger charge is 2.32. The number of hydrogen-bond donors (Lipinski definition) is 1. The number of phenolic OH excluding ortho intramolecular Hbond substituents is 1. The van der Waals surface area contributed by atoms with Crippen molar-refractivity contribution in [2.45, 2.75) is 16.8 Å². The summed E-state index contributed by atoms with van der Waals surface area (Å²) in [7, 11) is 1.90. The Labute approximate surface area is 134 Å². The van der Waals surface area contributed by atoms with Gasteiger partial charge in [-0.05, 0) is 35.9 Å². The van der Waals surface area contributed by atoms with Gasteiger partial charge in [-0.2, -0.15) is 13.2 Å². The molecule has 4 rings (SSSR count). The standard InChI is InChI=1S/C17H12F3NOS/c1-21-14-5-3-10(22)7-12(14)13-8-23-15-6-9(17(18,19)20)2-4-11(15)16(13)21/h2-7,22H,8H2,1H3. The lowest BCUT2D eigenvalue weighted by Crippen LogP contribution is -2.07. The van der Waals surface area contributed by atoms with E-state index in [1.807, 2.05) is 17.7 Å². The van der Waals surface area contributed by atoms with Crippen molar-refractivity contribution in [3.8, 4) is 17.0 Å². The quantitative estimate of drug-likeness (QED) is 0.613. The van der Waals surface area contributed by atoms with Crippen LogP contribution < -0.4 is 0 Å². The molecule has 1 N–H and O–H groups in total. The monoisotopic (exact) mass is 335 g/mol. The van der Waals surface area contributed by atoms with E-state index in [0.717, 1.165) is 33.8 Å². The highest BCUT2D eigenvalue weighted by atomic mass is 32.2. The molecule has 0 fully saturated rings. The number of rotatable bonds is 0. The Bertz CT molecular complexity index is 943. The Balaban J connectivity index is 1.98. The van der Waals surface area contributed by atoms with Crippen LogP contribution in [0.25, 0.3) is 22.2 Å². The summed E-state index contributed by atoms with van der Waals surface area (Å²) in [6.45, 7) is 0. The zero-order valence-corrected chi connectivity index (χ0v) is 12.9. The van der Waals surface area contributed by atoms with Gasteiger partial charge >= 0.3 is 6.18 Å². The van der Waals surface area contributed by atoms with Gasteiger partial charge < -0.3 is 9.67 Å². The van der Waals surface area contributed by atoms with Gasteiger partial charge in [0.15, 0.2) is 0 Å². The van der Waals surface area contributed by atoms with Gasteiger partial charge in [-0.3, -0.25) is 0 Å². The number of hydrogen-bond acceptors (Lipinski definition) is 2. The highest BCUT2D eigenvalue weighted by Crippen LogP contribution is 2.47. The normalized spacial score (nSPS) is 13.9. The van der Waals surface area contributed by atoms with Crippen LogP contribution in [0.2, 0.25) is 0 Å². The summed E-state index contributed by atoms with van der Waals surface area (Å²) in [5.74, 6) is 0.777. The number of phenols is 1. The second kappa shape index (κ2) is 4.71. The largest absolute Gasteiger partial charge is 0.508 e. The maximum atomic E-state index is 12.9. The molecule has 118 valence electrons. The van der Waals surface area contributed by atoms with Gasteiger partial charge in [0.05, 0.1) is 11.3 Å². The van der Waals surface area contributed by atoms with Gasteiger partial charge in [0.1, 0.15) is 5.75 Å². The molecule has 2 nitrogen and oxygen atoms in total. The molecule has 0 saturated heterocycles. The second-order valence-electron chi connectivity index (χ2n) is 5.59. The van der Waals surface area contributed by atoms with E-state index in [1.54, 1.807) is 18.2 Å². The van der Waals surface area contributed by atoms with Crippen molar-refractivity contribution in [3.63, 3.8) is 0 Å². The molecular formula is C17H12F3NOS. The number of fused-ring (bicyclic) bond motifs is 5. The van der Waals surface area contributed by atoms with Gasteiger partial charge in [0, 0.05) is 34.2 Å². The Morgan fingerprint density at radius 1 is 1.13 bits per heavy atom. The molecule has 6 heteroatoms. The fourth-order valence-corrected chi connectivity index (χ4v) is 4.28. The van der Waals surface area contributed by atoms with E-state index in [2.05, 4.69) is 0 Å². The molecule has 0 spiro atoms. The van der Waals surface area contributed by atoms with Crippen molar-refractivity contribution in [1.29, 1.82) is 0 Å². The summed E-state index contributed by atoms with van der Waals surface area (Å²) in [6.07, 6.45) is -4.33. The third-order valence-corrected chi connectivity index (χ3v) is 5.31. The van der Waals surface area contributed by atoms with Crippen LogP contribution in [0.15, 0.2) is 41.3 Å². The summed E-state index contributed by atoms with van der Waals surface area (Å²) in [5.41, 5.74) is 3.12. The molecule has 23 heavy (non-hydrogen) atoms. The zero-order chi connectivity index (χ0) is 16.4. The van der Waals surface area contributed by atoms with E-state index in [1.165, 1.54) is 17.8 Å². The average molecular weight is 335 g/mol. The summed E-state index contributed by atoms with van der Waals surface area (Å²) in [5, 5.41) is 10.7. The van der Waals surface area contributed by atoms with Gasteiger partial charge in [-0.15, -0.1) is 11.8 Å². The van der Waals surface area contributed by atoms with Crippen LogP contribution in [0.1, 0.15) is 11.1 Å². The smallest absolute Gasteiger partial charge is 0.416 e. The summed E-state index contributed by atoms with van der Waals surface area (Å²) >= 11 is 1.40. The molecule has 2 aromatic carbocycles. The first-order valence-electron chi connectivity index (χ1n) is 7.01. The molecule has 0 bridgehead atoms. The molecule has 0 saturated carbocycles. The Kier molecular flexibility index (Phi) is 2.97. The van der Waals surface area contributed by atoms with E-state index < -0.39 is 11.7 Å². The number of aromatic hydroxyl groups is 1. The molecule has 0 unspecified atom stereocenters. The Morgan fingerprint density at radius 3 is 2.65 bits per heavy atom. The van der Waals surface area contributed by atoms with E-state index in [9.17, 15) is 18.3 Å². The molecular weight excluding hydrogens is 323 g/mol. The molecule has 0 aliphatic carbocycles. The number of thioether (sulfide) groups is 1. The lowest BCUT2D eigenvalue weighted by atomic mass is 10.0. The van der Waals surface area contributed by atoms with E-state index in [-0.39, 0.29) is 5.75 Å². The maximum absolute atomic E-state index is 12.9. The first kappa shape index (κ1) is 14.5. The molecule has 3 aromatic rings. The first-order chi connectivity index (χ1) is 10.9. The van der Waals surface area contributed by atoms with E-state index in [4.69, 9.17) is 0 Å². The van der Waals surface area contributed by atoms with Crippen LogP contribution in [0.3, 0.4) is 0 Å². The lowest BCUT2D eigenvalue weighted by Gasteiger charge is -2.19. The third kappa shape index (κ3) is 2.12. The average Bonchev–Trinajstić information content (AvgIpc) is 2.78. The summed E-state index contributed by atoms with van der Waals surface area (Å²) in [4.78, 5) is 0.641. The van der Waals surface area contributed by atoms with Crippen molar-refractivity contribution in [2.24, 2.45) is 7.05 Å². The van der Waals surface area contributed by atoms with E-state index >= 15 is 0 Å². The van der Waals surface area contributed by atoms with Crippen molar-refractivity contribution in [3.05, 3.63) is 47.5 Å². The van der Waals surface area contributed by atoms with Crippen LogP contribution >= 0.6 is 11.8 Å². The molecule has 0 amide bonds. The predicted molar refractivity (Wildman–Crippen MR) is 84.6 cm³/mol. The Morgan fingerprint density at radius 2 is 1.91 bits per heavy atom. The number of benzene rings is 2. The topological polar surface area (TPSA) is 25.2 Å². The van der Waals surface area contributed by atoms with Gasteiger partial charge in [-0.1, -0.05) is 6.07 Å². The number of alkyl halides is 3. The van der Waals surface area contributed by atoms with Crippen molar-refractivity contribution in [2.75, 3.05) is 0 Å². The van der Waals surface area contributed by atoms with Crippen molar-refractivity contribution in [1.82, 2.24) is 4.57 Å². The van der Waals surface area contributed by atoms with Gasteiger partial charge in [0.2, 0.25) is 0 Å². The molecule has 1 aromatic heterocycles. The number of aryl methyl sites for hydroxylation is 1. The minimum atomic E-state index is -4.33. The molecule has 0 atom stereocenters. The third-order valence-electron chi connectivity index (χ3n) is 4.22. The maximum Gasteiger partial charge on any atom is 0.416 e. The number of nitrogens with zero attached hydrogens (tertiary/aromatic N) is 1. The van der Waals surface area contributed by atoms with E-state index in [0.29, 0.717) is 10.6 Å². The fourth-order valence-electron chi connectivity index (χ4n) is 3.16. The zero-order valence-electron chi connectivity index (χ0n) is 12.1. The van der Waals surface area contributed by atoms with Crippen LogP contribution in [-0.4, -0.2) is 9.67 Å². The van der Waals surface area contributed by atoms with Crippen LogP contribution in [0, 0.1) is 0 Å². The summed E-state index contributed by atoms with van der Waals surface area (Å²) < 4.78 is 40.7. The van der Waals surface area contributed by atoms with Gasteiger partial charge in [0.25, 0.3) is 0 Å². The number of halogens is 3. The van der Waals surface area contributed by atoms with Crippen LogP contribution in [-0.2, 0) is 19.0 Å². The second-order valence-corrected chi connectivity index (χ2v) is 6.60. The molecule has 0 radical (unpaired) electrons. The fraction of sp³-hybridized carbons (Fsp3) is 0.176. The highest BCUT2D eigenvalue weighted by molar-refractivity contribution is 7.98. The minimum absolute atomic E-state index is 0.189. The van der Waals surface area contributed by atoms with Crippen molar-refractivity contribution < 1.29 is 18.3 Å². The Hall–Kier alpha value is -2.08. The molecule has 2 heterocycles. The first-order valence-corrected chi connectivity index (χ1v) is 7.99. The van der Waals surface area contributed by atoms with Crippen LogP contribution in [0.5, 0.6) is 5.75 Å². The molecule has 1 aliphatic rings. The SMILES string of the molecule is Cn1c2c(c3cc(O)ccc31)CSc1cc(C(F)(F)F)ccc1-2. The van der Waals surface area contributed by atoms with Crippen molar-refractivity contribution >= 4 is 22.7 Å².